The number of carbonyl (C=O) groups excluding carboxylic acids is 1. The molecule has 7 nitrogen and oxygen atoms in total. The number of anilines is 2. The lowest BCUT2D eigenvalue weighted by Crippen LogP contribution is -2.35. The first kappa shape index (κ1) is 15.4. The fourth-order valence-electron chi connectivity index (χ4n) is 2.41. The van der Waals surface area contributed by atoms with Crippen LogP contribution in [0.4, 0.5) is 11.6 Å². The van der Waals surface area contributed by atoms with Crippen molar-refractivity contribution in [2.75, 3.05) is 16.8 Å². The van der Waals surface area contributed by atoms with E-state index in [1.165, 1.54) is 0 Å². The van der Waals surface area contributed by atoms with Crippen LogP contribution >= 0.6 is 0 Å². The smallest absolute Gasteiger partial charge is 0.251 e. The number of rotatable bonds is 4. The molecule has 1 aliphatic heterocycles. The van der Waals surface area contributed by atoms with E-state index in [1.807, 2.05) is 0 Å². The molecule has 1 aliphatic rings. The van der Waals surface area contributed by atoms with E-state index >= 15 is 0 Å². The van der Waals surface area contributed by atoms with E-state index in [0.717, 1.165) is 0 Å². The van der Waals surface area contributed by atoms with Crippen molar-refractivity contribution in [1.82, 2.24) is 15.3 Å². The molecule has 1 fully saturated rings. The lowest BCUT2D eigenvalue weighted by molar-refractivity contribution is 0.0941. The molecule has 1 aromatic carbocycles. The summed E-state index contributed by atoms with van der Waals surface area (Å²) in [6.45, 7) is 0. The molecule has 0 radical (unpaired) electrons. The summed E-state index contributed by atoms with van der Waals surface area (Å²) in [5.74, 6) is 0.288. The van der Waals surface area contributed by atoms with Crippen molar-refractivity contribution in [1.29, 1.82) is 0 Å². The number of carbonyl (C=O) groups is 1. The van der Waals surface area contributed by atoms with Crippen molar-refractivity contribution < 1.29 is 13.2 Å². The number of benzene rings is 1. The molecule has 1 aromatic heterocycles. The van der Waals surface area contributed by atoms with Gasteiger partial charge in [0.15, 0.2) is 9.84 Å². The van der Waals surface area contributed by atoms with E-state index in [0.29, 0.717) is 23.6 Å². The van der Waals surface area contributed by atoms with Crippen LogP contribution in [-0.2, 0) is 9.84 Å². The third-order valence-corrected chi connectivity index (χ3v) is 5.28. The second-order valence-corrected chi connectivity index (χ2v) is 7.58. The lowest BCUT2D eigenvalue weighted by atomic mass is 10.1. The standard InChI is InChI=1S/C15H16N4O3S/c20-14(18-13-5-8-23(21,22)10-13)11-3-1-4-12(9-11)19-15-16-6-2-7-17-15/h1-4,6-7,9,13H,5,8,10H2,(H,18,20)(H,16,17,19). The fourth-order valence-corrected chi connectivity index (χ4v) is 4.08. The average Bonchev–Trinajstić information content (AvgIpc) is 2.87. The maximum Gasteiger partial charge on any atom is 0.251 e. The molecule has 0 saturated carbocycles. The number of aromatic nitrogens is 2. The summed E-state index contributed by atoms with van der Waals surface area (Å²) < 4.78 is 22.9. The first-order valence-electron chi connectivity index (χ1n) is 7.17. The molecule has 1 atom stereocenters. The van der Waals surface area contributed by atoms with E-state index < -0.39 is 9.84 Å². The van der Waals surface area contributed by atoms with Crippen molar-refractivity contribution >= 4 is 27.4 Å². The summed E-state index contributed by atoms with van der Waals surface area (Å²) in [6, 6.07) is 8.29. The van der Waals surface area contributed by atoms with E-state index in [2.05, 4.69) is 20.6 Å². The van der Waals surface area contributed by atoms with Gasteiger partial charge in [0.25, 0.3) is 5.91 Å². The number of hydrogen-bond donors (Lipinski definition) is 2. The minimum atomic E-state index is -3.02. The van der Waals surface area contributed by atoms with E-state index in [1.54, 1.807) is 42.7 Å². The summed E-state index contributed by atoms with van der Waals surface area (Å²) >= 11 is 0. The van der Waals surface area contributed by atoms with Gasteiger partial charge in [0.2, 0.25) is 5.95 Å². The van der Waals surface area contributed by atoms with Crippen LogP contribution in [0.3, 0.4) is 0 Å². The third kappa shape index (κ3) is 4.04. The molecule has 2 heterocycles. The average molecular weight is 332 g/mol. The van der Waals surface area contributed by atoms with Crippen LogP contribution in [0.2, 0.25) is 0 Å². The maximum absolute atomic E-state index is 12.3. The minimum Gasteiger partial charge on any atom is -0.348 e. The Kier molecular flexibility index (Phi) is 4.24. The molecule has 1 amide bonds. The molecule has 0 bridgehead atoms. The SMILES string of the molecule is O=C(NC1CCS(=O)(=O)C1)c1cccc(Nc2ncccn2)c1. The van der Waals surface area contributed by atoms with Crippen molar-refractivity contribution in [3.05, 3.63) is 48.3 Å². The molecule has 1 unspecified atom stereocenters. The normalized spacial score (nSPS) is 19.2. The summed E-state index contributed by atoms with van der Waals surface area (Å²) in [4.78, 5) is 20.4. The van der Waals surface area contributed by atoms with Gasteiger partial charge in [-0.3, -0.25) is 4.79 Å². The Morgan fingerprint density at radius 3 is 2.65 bits per heavy atom. The highest BCUT2D eigenvalue weighted by atomic mass is 32.2. The van der Waals surface area contributed by atoms with Gasteiger partial charge in [-0.15, -0.1) is 0 Å². The van der Waals surface area contributed by atoms with E-state index in [4.69, 9.17) is 0 Å². The van der Waals surface area contributed by atoms with Crippen molar-refractivity contribution in [2.45, 2.75) is 12.5 Å². The molecule has 1 saturated heterocycles. The quantitative estimate of drug-likeness (QED) is 0.870. The topological polar surface area (TPSA) is 101 Å². The van der Waals surface area contributed by atoms with Gasteiger partial charge in [-0.1, -0.05) is 6.07 Å². The molecule has 0 spiro atoms. The van der Waals surface area contributed by atoms with Crippen LogP contribution in [0.15, 0.2) is 42.7 Å². The van der Waals surface area contributed by atoms with Crippen LogP contribution < -0.4 is 10.6 Å². The Bertz CT molecular complexity index is 808. The van der Waals surface area contributed by atoms with Gasteiger partial charge in [0.1, 0.15) is 0 Å². The highest BCUT2D eigenvalue weighted by Crippen LogP contribution is 2.16. The van der Waals surface area contributed by atoms with Gasteiger partial charge >= 0.3 is 0 Å². The summed E-state index contributed by atoms with van der Waals surface area (Å²) in [5, 5.41) is 5.77. The summed E-state index contributed by atoms with van der Waals surface area (Å²) in [5.41, 5.74) is 1.14. The summed E-state index contributed by atoms with van der Waals surface area (Å²) in [6.07, 6.45) is 3.70. The monoisotopic (exact) mass is 332 g/mol. The van der Waals surface area contributed by atoms with Crippen LogP contribution in [0.5, 0.6) is 0 Å². The molecule has 120 valence electrons. The zero-order valence-corrected chi connectivity index (χ0v) is 13.1. The second kappa shape index (κ2) is 6.33. The number of sulfone groups is 1. The van der Waals surface area contributed by atoms with Gasteiger partial charge in [0, 0.05) is 29.7 Å². The zero-order chi connectivity index (χ0) is 16.3. The molecular formula is C15H16N4O3S. The van der Waals surface area contributed by atoms with Crippen molar-refractivity contribution in [2.24, 2.45) is 0 Å². The van der Waals surface area contributed by atoms with Crippen LogP contribution in [0.1, 0.15) is 16.8 Å². The first-order chi connectivity index (χ1) is 11.0. The Balaban J connectivity index is 1.68. The molecule has 2 N–H and O–H groups in total. The van der Waals surface area contributed by atoms with Gasteiger partial charge in [0.05, 0.1) is 11.5 Å². The Hall–Kier alpha value is -2.48. The Morgan fingerprint density at radius 2 is 1.96 bits per heavy atom. The van der Waals surface area contributed by atoms with Gasteiger partial charge < -0.3 is 10.6 Å². The maximum atomic E-state index is 12.3. The Morgan fingerprint density at radius 1 is 1.17 bits per heavy atom. The number of hydrogen-bond acceptors (Lipinski definition) is 6. The summed E-state index contributed by atoms with van der Waals surface area (Å²) in [7, 11) is -3.02. The van der Waals surface area contributed by atoms with E-state index in [9.17, 15) is 13.2 Å². The Labute approximate surface area is 134 Å². The second-order valence-electron chi connectivity index (χ2n) is 5.35. The lowest BCUT2D eigenvalue weighted by Gasteiger charge is -2.12. The van der Waals surface area contributed by atoms with Crippen LogP contribution in [0, 0.1) is 0 Å². The van der Waals surface area contributed by atoms with Gasteiger partial charge in [-0.25, -0.2) is 18.4 Å². The van der Waals surface area contributed by atoms with Crippen molar-refractivity contribution in [3.63, 3.8) is 0 Å². The van der Waals surface area contributed by atoms with Gasteiger partial charge in [-0.2, -0.15) is 0 Å². The fraction of sp³-hybridized carbons (Fsp3) is 0.267. The predicted octanol–water partition coefficient (Wildman–Crippen LogP) is 1.14. The highest BCUT2D eigenvalue weighted by molar-refractivity contribution is 7.91. The predicted molar refractivity (Wildman–Crippen MR) is 86.3 cm³/mol. The molecular weight excluding hydrogens is 316 g/mol. The first-order valence-corrected chi connectivity index (χ1v) is 8.99. The van der Waals surface area contributed by atoms with Crippen LogP contribution in [-0.4, -0.2) is 41.8 Å². The highest BCUT2D eigenvalue weighted by Gasteiger charge is 2.29. The third-order valence-electron chi connectivity index (χ3n) is 3.51. The van der Waals surface area contributed by atoms with Gasteiger partial charge in [-0.05, 0) is 30.7 Å². The molecule has 3 rings (SSSR count). The number of nitrogens with zero attached hydrogens (tertiary/aromatic N) is 2. The van der Waals surface area contributed by atoms with Crippen molar-refractivity contribution in [3.8, 4) is 0 Å². The molecule has 23 heavy (non-hydrogen) atoms. The number of amides is 1. The largest absolute Gasteiger partial charge is 0.348 e. The zero-order valence-electron chi connectivity index (χ0n) is 12.3. The molecule has 2 aromatic rings. The van der Waals surface area contributed by atoms with E-state index in [-0.39, 0.29) is 23.5 Å². The minimum absolute atomic E-state index is 0.00847. The molecule has 0 aliphatic carbocycles. The molecule has 8 heteroatoms. The van der Waals surface area contributed by atoms with Crippen LogP contribution in [0.25, 0.3) is 0 Å². The number of nitrogens with one attached hydrogen (secondary N) is 2.